The van der Waals surface area contributed by atoms with Gasteiger partial charge in [0.2, 0.25) is 17.7 Å². The van der Waals surface area contributed by atoms with Crippen LogP contribution in [0.4, 0.5) is 0 Å². The van der Waals surface area contributed by atoms with Gasteiger partial charge in [-0.1, -0.05) is 27.7 Å². The molecule has 0 aromatic rings. The summed E-state index contributed by atoms with van der Waals surface area (Å²) in [5.41, 5.74) is 4.30. The highest BCUT2D eigenvalue weighted by atomic mass is 16.2. The minimum atomic E-state index is -0.688. The lowest BCUT2D eigenvalue weighted by molar-refractivity contribution is -0.141. The van der Waals surface area contributed by atoms with Gasteiger partial charge in [0.1, 0.15) is 0 Å². The Bertz CT molecular complexity index is 541. The predicted molar refractivity (Wildman–Crippen MR) is 98.6 cm³/mol. The van der Waals surface area contributed by atoms with Crippen molar-refractivity contribution in [3.8, 4) is 0 Å². The van der Waals surface area contributed by atoms with Crippen LogP contribution in [-0.2, 0) is 14.4 Å². The molecule has 0 saturated carbocycles. The second-order valence-corrected chi connectivity index (χ2v) is 9.88. The van der Waals surface area contributed by atoms with E-state index in [1.165, 1.54) is 4.90 Å². The van der Waals surface area contributed by atoms with Gasteiger partial charge in [-0.05, 0) is 39.5 Å². The third-order valence-electron chi connectivity index (χ3n) is 5.40. The molecule has 0 radical (unpaired) electrons. The Hall–Kier alpha value is -1.43. The van der Waals surface area contributed by atoms with Gasteiger partial charge in [0.25, 0.3) is 0 Å². The smallest absolute Gasteiger partial charge is 0.229 e. The molecule has 0 bridgehead atoms. The molecule has 1 saturated heterocycles. The summed E-state index contributed by atoms with van der Waals surface area (Å²) in [4.78, 5) is 37.8. The number of nitrogens with zero attached hydrogens (tertiary/aromatic N) is 1. The highest BCUT2D eigenvalue weighted by molar-refractivity contribution is 6.02. The van der Waals surface area contributed by atoms with Gasteiger partial charge in [0.05, 0.1) is 12.1 Å². The molecule has 1 rings (SSSR count). The first kappa shape index (κ1) is 21.6. The maximum Gasteiger partial charge on any atom is 0.229 e. The topological polar surface area (TPSA) is 92.5 Å². The molecule has 6 heteroatoms. The van der Waals surface area contributed by atoms with E-state index in [0.29, 0.717) is 6.42 Å². The lowest BCUT2D eigenvalue weighted by Crippen LogP contribution is -2.57. The molecule has 1 heterocycles. The van der Waals surface area contributed by atoms with E-state index >= 15 is 0 Å². The maximum absolute atomic E-state index is 12.9. The summed E-state index contributed by atoms with van der Waals surface area (Å²) in [6.07, 6.45) is 1.13. The number of carbonyl (C=O) groups is 3. The summed E-state index contributed by atoms with van der Waals surface area (Å²) in [5, 5.41) is 3.01. The molecule has 144 valence electrons. The van der Waals surface area contributed by atoms with Crippen molar-refractivity contribution in [2.24, 2.45) is 16.6 Å². The molecular weight excluding hydrogens is 318 g/mol. The quantitative estimate of drug-likeness (QED) is 0.686. The van der Waals surface area contributed by atoms with Gasteiger partial charge in [0, 0.05) is 23.8 Å². The van der Waals surface area contributed by atoms with Crippen LogP contribution < -0.4 is 11.1 Å². The molecule has 6 nitrogen and oxygen atoms in total. The largest absolute Gasteiger partial charge is 0.349 e. The molecule has 25 heavy (non-hydrogen) atoms. The summed E-state index contributed by atoms with van der Waals surface area (Å²) in [6, 6.07) is 0. The standard InChI is InChI=1S/C19H35N3O3/c1-16(2,11-17(3,4)19(7,8)20)15(25)21-18(5,6)12-22-13(23)9-10-14(22)24/h9-12,20H2,1-8H3,(H,21,25). The Kier molecular flexibility index (Phi) is 5.80. The lowest BCUT2D eigenvalue weighted by Gasteiger charge is -2.44. The Morgan fingerprint density at radius 3 is 1.84 bits per heavy atom. The van der Waals surface area contributed by atoms with Crippen molar-refractivity contribution in [2.75, 3.05) is 6.54 Å². The van der Waals surface area contributed by atoms with Gasteiger partial charge in [0.15, 0.2) is 0 Å². The Morgan fingerprint density at radius 1 is 1.00 bits per heavy atom. The van der Waals surface area contributed by atoms with Gasteiger partial charge < -0.3 is 11.1 Å². The van der Waals surface area contributed by atoms with E-state index in [0.717, 1.165) is 0 Å². The molecular formula is C19H35N3O3. The van der Waals surface area contributed by atoms with Crippen molar-refractivity contribution in [3.05, 3.63) is 0 Å². The van der Waals surface area contributed by atoms with Crippen molar-refractivity contribution in [1.82, 2.24) is 10.2 Å². The molecule has 0 aromatic heterocycles. The third kappa shape index (κ3) is 5.27. The number of rotatable bonds is 7. The van der Waals surface area contributed by atoms with Crippen LogP contribution in [0.2, 0.25) is 0 Å². The molecule has 0 aromatic carbocycles. The van der Waals surface area contributed by atoms with Crippen molar-refractivity contribution >= 4 is 17.7 Å². The first-order valence-electron chi connectivity index (χ1n) is 8.93. The average molecular weight is 354 g/mol. The van der Waals surface area contributed by atoms with Crippen molar-refractivity contribution in [2.45, 2.75) is 85.7 Å². The number of carbonyl (C=O) groups excluding carboxylic acids is 3. The molecule has 3 N–H and O–H groups in total. The predicted octanol–water partition coefficient (Wildman–Crippen LogP) is 2.21. The molecule has 0 spiro atoms. The first-order chi connectivity index (χ1) is 11.0. The van der Waals surface area contributed by atoms with Crippen LogP contribution in [0.15, 0.2) is 0 Å². The summed E-state index contributed by atoms with van der Waals surface area (Å²) in [6.45, 7) is 15.7. The van der Waals surface area contributed by atoms with Crippen LogP contribution in [0.1, 0.15) is 74.7 Å². The van der Waals surface area contributed by atoms with E-state index in [4.69, 9.17) is 5.73 Å². The maximum atomic E-state index is 12.9. The summed E-state index contributed by atoms with van der Waals surface area (Å²) in [5.74, 6) is -0.441. The SMILES string of the molecule is CC(C)(CN1C(=O)CCC1=O)NC(=O)C(C)(C)CC(C)(C)C(C)(C)N. The van der Waals surface area contributed by atoms with Crippen LogP contribution in [-0.4, -0.2) is 40.2 Å². The zero-order chi connectivity index (χ0) is 19.8. The lowest BCUT2D eigenvalue weighted by atomic mass is 9.65. The molecule has 0 aliphatic carbocycles. The fourth-order valence-electron chi connectivity index (χ4n) is 3.12. The van der Waals surface area contributed by atoms with E-state index in [1.54, 1.807) is 0 Å². The monoisotopic (exact) mass is 353 g/mol. The van der Waals surface area contributed by atoms with E-state index in [2.05, 4.69) is 19.2 Å². The number of hydrogen-bond acceptors (Lipinski definition) is 4. The summed E-state index contributed by atoms with van der Waals surface area (Å²) < 4.78 is 0. The van der Waals surface area contributed by atoms with Crippen LogP contribution >= 0.6 is 0 Å². The highest BCUT2D eigenvalue weighted by Gasteiger charge is 2.43. The minimum absolute atomic E-state index is 0.103. The fraction of sp³-hybridized carbons (Fsp3) is 0.842. The van der Waals surface area contributed by atoms with E-state index in [1.807, 2.05) is 41.5 Å². The molecule has 1 aliphatic heterocycles. The fourth-order valence-corrected chi connectivity index (χ4v) is 3.12. The Labute approximate surface area is 151 Å². The van der Waals surface area contributed by atoms with E-state index in [-0.39, 0.29) is 42.5 Å². The van der Waals surface area contributed by atoms with Crippen LogP contribution in [0.25, 0.3) is 0 Å². The van der Waals surface area contributed by atoms with Crippen molar-refractivity contribution in [1.29, 1.82) is 0 Å². The Balaban J connectivity index is 2.81. The Morgan fingerprint density at radius 2 is 1.44 bits per heavy atom. The van der Waals surface area contributed by atoms with Crippen LogP contribution in [0.5, 0.6) is 0 Å². The average Bonchev–Trinajstić information content (AvgIpc) is 2.67. The van der Waals surface area contributed by atoms with Crippen molar-refractivity contribution < 1.29 is 14.4 Å². The summed E-state index contributed by atoms with van der Waals surface area (Å²) in [7, 11) is 0. The summed E-state index contributed by atoms with van der Waals surface area (Å²) >= 11 is 0. The van der Waals surface area contributed by atoms with Gasteiger partial charge in [-0.25, -0.2) is 0 Å². The molecule has 0 atom stereocenters. The number of imide groups is 1. The van der Waals surface area contributed by atoms with Crippen molar-refractivity contribution in [3.63, 3.8) is 0 Å². The van der Waals surface area contributed by atoms with Gasteiger partial charge in [-0.15, -0.1) is 0 Å². The minimum Gasteiger partial charge on any atom is -0.349 e. The number of likely N-dealkylation sites (tertiary alicyclic amines) is 1. The van der Waals surface area contributed by atoms with E-state index < -0.39 is 16.5 Å². The van der Waals surface area contributed by atoms with Crippen LogP contribution in [0.3, 0.4) is 0 Å². The molecule has 0 unspecified atom stereocenters. The first-order valence-corrected chi connectivity index (χ1v) is 8.93. The second kappa shape index (κ2) is 6.71. The van der Waals surface area contributed by atoms with Gasteiger partial charge >= 0.3 is 0 Å². The van der Waals surface area contributed by atoms with E-state index in [9.17, 15) is 14.4 Å². The highest BCUT2D eigenvalue weighted by Crippen LogP contribution is 2.40. The van der Waals surface area contributed by atoms with Gasteiger partial charge in [-0.3, -0.25) is 19.3 Å². The normalized spacial score (nSPS) is 17.2. The zero-order valence-corrected chi connectivity index (χ0v) is 17.1. The molecule has 1 fully saturated rings. The molecule has 1 aliphatic rings. The number of hydrogen-bond donors (Lipinski definition) is 2. The number of nitrogens with one attached hydrogen (secondary N) is 1. The van der Waals surface area contributed by atoms with Gasteiger partial charge in [-0.2, -0.15) is 0 Å². The second-order valence-electron chi connectivity index (χ2n) is 9.88. The van der Waals surface area contributed by atoms with Crippen LogP contribution in [0, 0.1) is 10.8 Å². The zero-order valence-electron chi connectivity index (χ0n) is 17.1. The third-order valence-corrected chi connectivity index (χ3v) is 5.40. The number of amides is 3. The molecule has 3 amide bonds. The number of nitrogens with two attached hydrogens (primary N) is 1.